The predicted octanol–water partition coefficient (Wildman–Crippen LogP) is 3.44. The molecule has 8 heteroatoms. The molecule has 1 aromatic carbocycles. The number of anilines is 1. The topological polar surface area (TPSA) is 117 Å². The van der Waals surface area contributed by atoms with E-state index in [1.165, 1.54) is 5.56 Å². The molecule has 2 aromatic heterocycles. The van der Waals surface area contributed by atoms with Crippen LogP contribution >= 0.6 is 0 Å². The fraction of sp³-hybridized carbons (Fsp3) is 0.480. The van der Waals surface area contributed by atoms with Gasteiger partial charge in [0.25, 0.3) is 0 Å². The van der Waals surface area contributed by atoms with Crippen LogP contribution in [-0.2, 0) is 11.3 Å². The van der Waals surface area contributed by atoms with Gasteiger partial charge in [-0.3, -0.25) is 9.69 Å². The zero-order chi connectivity index (χ0) is 23.6. The Hall–Kier alpha value is -2.97. The summed E-state index contributed by atoms with van der Waals surface area (Å²) in [5, 5.41) is 22.5. The molecule has 0 spiro atoms. The number of carboxylic acids is 1. The van der Waals surface area contributed by atoms with Gasteiger partial charge in [0.15, 0.2) is 5.65 Å². The number of nitrogen functional groups attached to an aromatic ring is 1. The van der Waals surface area contributed by atoms with Crippen molar-refractivity contribution in [2.75, 3.05) is 18.8 Å². The van der Waals surface area contributed by atoms with Crippen LogP contribution in [0.2, 0.25) is 0 Å². The maximum absolute atomic E-state index is 10.2. The number of carbonyl (C=O) groups is 1. The van der Waals surface area contributed by atoms with Gasteiger partial charge in [0.2, 0.25) is 5.95 Å². The van der Waals surface area contributed by atoms with Crippen LogP contribution in [0.3, 0.4) is 0 Å². The summed E-state index contributed by atoms with van der Waals surface area (Å²) >= 11 is 0. The van der Waals surface area contributed by atoms with Crippen LogP contribution in [0.1, 0.15) is 45.1 Å². The Balaban J connectivity index is 0.000000376. The van der Waals surface area contributed by atoms with Crippen LogP contribution in [0.25, 0.3) is 16.9 Å². The van der Waals surface area contributed by atoms with Crippen molar-refractivity contribution in [3.05, 3.63) is 48.0 Å². The number of benzene rings is 1. The number of aliphatic carboxylic acids is 1. The Morgan fingerprint density at radius 2 is 1.76 bits per heavy atom. The zero-order valence-corrected chi connectivity index (χ0v) is 19.3. The Bertz CT molecular complexity index is 1090. The number of hydrogen-bond donors (Lipinski definition) is 3. The van der Waals surface area contributed by atoms with Gasteiger partial charge in [-0.25, -0.2) is 4.52 Å². The van der Waals surface area contributed by atoms with E-state index < -0.39 is 11.6 Å². The van der Waals surface area contributed by atoms with Crippen molar-refractivity contribution in [1.82, 2.24) is 19.5 Å². The minimum atomic E-state index is -0.630. The van der Waals surface area contributed by atoms with Crippen LogP contribution in [0, 0.1) is 11.8 Å². The third-order valence-corrected chi connectivity index (χ3v) is 6.55. The predicted molar refractivity (Wildman–Crippen MR) is 127 cm³/mol. The molecule has 1 aliphatic carbocycles. The van der Waals surface area contributed by atoms with E-state index in [0.29, 0.717) is 5.92 Å². The lowest BCUT2D eigenvalue weighted by Gasteiger charge is -2.37. The fourth-order valence-corrected chi connectivity index (χ4v) is 4.31. The molecule has 0 radical (unpaired) electrons. The summed E-state index contributed by atoms with van der Waals surface area (Å²) in [6.45, 7) is 6.87. The van der Waals surface area contributed by atoms with Crippen molar-refractivity contribution in [3.63, 3.8) is 0 Å². The maximum atomic E-state index is 10.2. The highest BCUT2D eigenvalue weighted by Gasteiger charge is 2.30. The number of nitrogens with two attached hydrogens (primary N) is 1. The Labute approximate surface area is 194 Å². The van der Waals surface area contributed by atoms with E-state index in [4.69, 9.17) is 10.8 Å². The normalized spacial score (nSPS) is 17.5. The van der Waals surface area contributed by atoms with Crippen molar-refractivity contribution in [2.24, 2.45) is 11.8 Å². The molecule has 3 aromatic rings. The van der Waals surface area contributed by atoms with Gasteiger partial charge in [-0.1, -0.05) is 30.3 Å². The van der Waals surface area contributed by atoms with E-state index in [-0.39, 0.29) is 11.9 Å². The summed E-state index contributed by atoms with van der Waals surface area (Å²) in [5.74, 6) is 0.0697. The third kappa shape index (κ3) is 5.89. The molecule has 5 rings (SSSR count). The van der Waals surface area contributed by atoms with E-state index in [0.717, 1.165) is 62.2 Å². The number of likely N-dealkylation sites (tertiary alicyclic amines) is 1. The number of aromatic nitrogens is 3. The number of nitrogens with zero attached hydrogens (tertiary/aromatic N) is 4. The lowest BCUT2D eigenvalue weighted by molar-refractivity contribution is -0.138. The molecule has 3 heterocycles. The second-order valence-electron chi connectivity index (χ2n) is 9.66. The second-order valence-corrected chi connectivity index (χ2v) is 9.66. The summed E-state index contributed by atoms with van der Waals surface area (Å²) in [4.78, 5) is 16.5. The quantitative estimate of drug-likeness (QED) is 0.544. The molecule has 0 unspecified atom stereocenters. The zero-order valence-electron chi connectivity index (χ0n) is 19.3. The first-order valence-electron chi connectivity index (χ1n) is 11.6. The molecule has 0 bridgehead atoms. The highest BCUT2D eigenvalue weighted by atomic mass is 16.4. The third-order valence-electron chi connectivity index (χ3n) is 6.55. The Morgan fingerprint density at radius 1 is 1.09 bits per heavy atom. The van der Waals surface area contributed by atoms with Crippen LogP contribution in [0.5, 0.6) is 0 Å². The van der Waals surface area contributed by atoms with E-state index in [1.54, 1.807) is 4.52 Å². The molecule has 2 fully saturated rings. The highest BCUT2D eigenvalue weighted by molar-refractivity contribution is 5.72. The van der Waals surface area contributed by atoms with Gasteiger partial charge >= 0.3 is 5.97 Å². The smallest absolute Gasteiger partial charge is 0.306 e. The van der Waals surface area contributed by atoms with Crippen molar-refractivity contribution >= 4 is 17.6 Å². The number of rotatable bonds is 5. The van der Waals surface area contributed by atoms with Gasteiger partial charge in [0, 0.05) is 12.1 Å². The van der Waals surface area contributed by atoms with Crippen LogP contribution in [0.15, 0.2) is 42.5 Å². The number of carboxylic acid groups (broad SMARTS) is 1. The Kier molecular flexibility index (Phi) is 6.67. The minimum Gasteiger partial charge on any atom is -0.481 e. The fourth-order valence-electron chi connectivity index (χ4n) is 4.31. The molecule has 1 saturated carbocycles. The first kappa shape index (κ1) is 23.2. The van der Waals surface area contributed by atoms with Gasteiger partial charge in [0.05, 0.1) is 17.2 Å². The van der Waals surface area contributed by atoms with Gasteiger partial charge in [-0.2, -0.15) is 4.98 Å². The van der Waals surface area contributed by atoms with E-state index >= 15 is 0 Å². The number of pyridine rings is 1. The van der Waals surface area contributed by atoms with Crippen molar-refractivity contribution in [3.8, 4) is 11.3 Å². The number of piperidine rings is 1. The molecule has 1 aliphatic heterocycles. The largest absolute Gasteiger partial charge is 0.481 e. The van der Waals surface area contributed by atoms with E-state index in [2.05, 4.69) is 39.2 Å². The standard InChI is InChI=1S/C21H27N5O.C4H6O2/c1-21(2,27)17-10-12-25(13-11-17)14-15-6-8-16(9-7-15)18-4-3-5-19-23-20(22)24-26(18)19;5-4(6)3-1-2-3/h3-9,17,27H,10-14H2,1-2H3,(H2,22,24);3H,1-2H2,(H,5,6). The second kappa shape index (κ2) is 9.49. The molecule has 2 aliphatic rings. The van der Waals surface area contributed by atoms with Crippen LogP contribution in [-0.4, -0.2) is 54.4 Å². The summed E-state index contributed by atoms with van der Waals surface area (Å²) in [5.41, 5.74) is 9.29. The average Bonchev–Trinajstić information content (AvgIpc) is 3.56. The highest BCUT2D eigenvalue weighted by Crippen LogP contribution is 2.29. The first-order chi connectivity index (χ1) is 15.7. The number of aliphatic hydroxyl groups is 1. The lowest BCUT2D eigenvalue weighted by atomic mass is 9.83. The number of hydrogen-bond acceptors (Lipinski definition) is 6. The summed E-state index contributed by atoms with van der Waals surface area (Å²) in [6, 6.07) is 14.5. The lowest BCUT2D eigenvalue weighted by Crippen LogP contribution is -2.41. The van der Waals surface area contributed by atoms with E-state index in [1.807, 2.05) is 32.0 Å². The average molecular weight is 452 g/mol. The molecule has 4 N–H and O–H groups in total. The van der Waals surface area contributed by atoms with Crippen molar-refractivity contribution in [2.45, 2.75) is 51.7 Å². The van der Waals surface area contributed by atoms with E-state index in [9.17, 15) is 9.90 Å². The minimum absolute atomic E-state index is 0.0185. The van der Waals surface area contributed by atoms with Crippen LogP contribution in [0.4, 0.5) is 5.95 Å². The maximum Gasteiger partial charge on any atom is 0.306 e. The summed E-state index contributed by atoms with van der Waals surface area (Å²) in [6.07, 6.45) is 3.90. The molecule has 0 amide bonds. The van der Waals surface area contributed by atoms with Gasteiger partial charge in [-0.05, 0) is 76.2 Å². The summed E-state index contributed by atoms with van der Waals surface area (Å²) < 4.78 is 1.78. The Morgan fingerprint density at radius 3 is 2.30 bits per heavy atom. The van der Waals surface area contributed by atoms with Crippen molar-refractivity contribution < 1.29 is 15.0 Å². The van der Waals surface area contributed by atoms with Gasteiger partial charge in [0.1, 0.15) is 0 Å². The molecular formula is C25H33N5O3. The SMILES string of the molecule is CC(C)(O)C1CCN(Cc2ccc(-c3cccc4nc(N)nn34)cc2)CC1.O=C(O)C1CC1. The van der Waals surface area contributed by atoms with Gasteiger partial charge in [-0.15, -0.1) is 5.10 Å². The van der Waals surface area contributed by atoms with Gasteiger partial charge < -0.3 is 15.9 Å². The first-order valence-corrected chi connectivity index (χ1v) is 11.6. The molecule has 176 valence electrons. The van der Waals surface area contributed by atoms with Crippen molar-refractivity contribution in [1.29, 1.82) is 0 Å². The summed E-state index contributed by atoms with van der Waals surface area (Å²) in [7, 11) is 0. The molecular weight excluding hydrogens is 418 g/mol. The molecule has 1 saturated heterocycles. The monoisotopic (exact) mass is 451 g/mol. The molecule has 33 heavy (non-hydrogen) atoms. The van der Waals surface area contributed by atoms with Crippen LogP contribution < -0.4 is 5.73 Å². The molecule has 0 atom stereocenters. The molecule has 8 nitrogen and oxygen atoms in total. The number of fused-ring (bicyclic) bond motifs is 1.